The first-order valence-electron chi connectivity index (χ1n) is 5.92. The third-order valence-corrected chi connectivity index (χ3v) is 2.60. The molecule has 1 amide bonds. The molecule has 0 aliphatic heterocycles. The molecule has 0 fully saturated rings. The van der Waals surface area contributed by atoms with Crippen LogP contribution >= 0.6 is 11.6 Å². The van der Waals surface area contributed by atoms with Crippen molar-refractivity contribution in [1.82, 2.24) is 5.32 Å². The fourth-order valence-corrected chi connectivity index (χ4v) is 1.51. The highest BCUT2D eigenvalue weighted by molar-refractivity contribution is 6.17. The predicted molar refractivity (Wildman–Crippen MR) is 71.3 cm³/mol. The third-order valence-electron chi connectivity index (χ3n) is 2.33. The minimum absolute atomic E-state index is 0.0946. The number of benzene rings is 1. The molecule has 20 heavy (non-hydrogen) atoms. The normalized spacial score (nSPS) is 10.6. The Morgan fingerprint density at radius 1 is 1.35 bits per heavy atom. The maximum atomic E-state index is 12.5. The van der Waals surface area contributed by atoms with Crippen molar-refractivity contribution in [3.8, 4) is 11.8 Å². The Labute approximate surface area is 120 Å². The van der Waals surface area contributed by atoms with Crippen LogP contribution in [0.3, 0.4) is 0 Å². The van der Waals surface area contributed by atoms with Gasteiger partial charge in [-0.2, -0.15) is 13.2 Å². The number of amides is 1. The molecule has 1 aromatic carbocycles. The molecule has 0 atom stereocenters. The van der Waals surface area contributed by atoms with Crippen molar-refractivity contribution in [2.45, 2.75) is 19.0 Å². The molecule has 0 heterocycles. The number of carbonyl (C=O) groups is 1. The van der Waals surface area contributed by atoms with Gasteiger partial charge in [-0.1, -0.05) is 17.9 Å². The van der Waals surface area contributed by atoms with Gasteiger partial charge in [0.25, 0.3) is 0 Å². The van der Waals surface area contributed by atoms with Gasteiger partial charge in [-0.15, -0.1) is 11.6 Å². The van der Waals surface area contributed by atoms with Crippen LogP contribution in [-0.4, -0.2) is 18.3 Å². The number of alkyl halides is 4. The van der Waals surface area contributed by atoms with E-state index in [-0.39, 0.29) is 18.0 Å². The van der Waals surface area contributed by atoms with Crippen LogP contribution in [0.5, 0.6) is 0 Å². The van der Waals surface area contributed by atoms with Crippen molar-refractivity contribution in [3.63, 3.8) is 0 Å². The van der Waals surface area contributed by atoms with Gasteiger partial charge in [-0.3, -0.25) is 4.79 Å². The Hall–Kier alpha value is -1.67. The standard InChI is InChI=1S/C14H13ClF3NO/c15-8-2-7-13(20)19-9-3-5-11-4-1-6-12(10-11)14(16,17)18/h1,4,6,10H,2,7-9H2,(H,19,20). The lowest BCUT2D eigenvalue weighted by molar-refractivity contribution is -0.137. The van der Waals surface area contributed by atoms with Crippen molar-refractivity contribution in [2.24, 2.45) is 0 Å². The van der Waals surface area contributed by atoms with Crippen molar-refractivity contribution in [3.05, 3.63) is 35.4 Å². The Kier molecular flexibility index (Phi) is 6.40. The smallest absolute Gasteiger partial charge is 0.345 e. The van der Waals surface area contributed by atoms with Crippen LogP contribution in [0.4, 0.5) is 13.2 Å². The molecular weight excluding hydrogens is 291 g/mol. The summed E-state index contributed by atoms with van der Waals surface area (Å²) in [6.07, 6.45) is -3.49. The summed E-state index contributed by atoms with van der Waals surface area (Å²) in [6, 6.07) is 4.74. The molecule has 0 saturated heterocycles. The lowest BCUT2D eigenvalue weighted by atomic mass is 10.1. The summed E-state index contributed by atoms with van der Waals surface area (Å²) < 4.78 is 37.4. The summed E-state index contributed by atoms with van der Waals surface area (Å²) in [6.45, 7) is 0.0946. The van der Waals surface area contributed by atoms with Crippen LogP contribution in [0, 0.1) is 11.8 Å². The molecule has 108 valence electrons. The molecule has 0 spiro atoms. The molecule has 0 unspecified atom stereocenters. The Bertz CT molecular complexity index is 517. The number of hydrogen-bond acceptors (Lipinski definition) is 1. The van der Waals surface area contributed by atoms with Gasteiger partial charge in [0.05, 0.1) is 12.1 Å². The van der Waals surface area contributed by atoms with E-state index in [1.807, 2.05) is 0 Å². The predicted octanol–water partition coefficient (Wildman–Crippen LogP) is 3.19. The maximum Gasteiger partial charge on any atom is 0.416 e. The number of halogens is 4. The monoisotopic (exact) mass is 303 g/mol. The van der Waals surface area contributed by atoms with Crippen molar-refractivity contribution in [1.29, 1.82) is 0 Å². The second kappa shape index (κ2) is 7.81. The molecule has 0 saturated carbocycles. The second-order valence-electron chi connectivity index (χ2n) is 3.95. The van der Waals surface area contributed by atoms with E-state index in [9.17, 15) is 18.0 Å². The number of nitrogens with one attached hydrogen (secondary N) is 1. The molecule has 0 aliphatic rings. The van der Waals surface area contributed by atoms with Gasteiger partial charge >= 0.3 is 6.18 Å². The average Bonchev–Trinajstić information content (AvgIpc) is 2.41. The number of carbonyl (C=O) groups excluding carboxylic acids is 1. The molecule has 2 nitrogen and oxygen atoms in total. The van der Waals surface area contributed by atoms with E-state index in [4.69, 9.17) is 11.6 Å². The average molecular weight is 304 g/mol. The minimum atomic E-state index is -4.38. The zero-order valence-corrected chi connectivity index (χ0v) is 11.3. The van der Waals surface area contributed by atoms with Gasteiger partial charge in [0.15, 0.2) is 0 Å². The van der Waals surface area contributed by atoms with Crippen molar-refractivity contribution in [2.75, 3.05) is 12.4 Å². The van der Waals surface area contributed by atoms with E-state index in [1.165, 1.54) is 12.1 Å². The van der Waals surface area contributed by atoms with Crippen LogP contribution in [0.15, 0.2) is 24.3 Å². The molecule has 0 bridgehead atoms. The summed E-state index contributed by atoms with van der Waals surface area (Å²) in [7, 11) is 0. The van der Waals surface area contributed by atoms with Gasteiger partial charge in [-0.05, 0) is 24.6 Å². The number of hydrogen-bond donors (Lipinski definition) is 1. The Morgan fingerprint density at radius 2 is 2.10 bits per heavy atom. The van der Waals surface area contributed by atoms with Gasteiger partial charge in [0.1, 0.15) is 0 Å². The highest BCUT2D eigenvalue weighted by Crippen LogP contribution is 2.29. The molecule has 6 heteroatoms. The quantitative estimate of drug-likeness (QED) is 0.672. The molecule has 0 radical (unpaired) electrons. The van der Waals surface area contributed by atoms with Crippen LogP contribution in [0.1, 0.15) is 24.0 Å². The van der Waals surface area contributed by atoms with Crippen LogP contribution in [0.25, 0.3) is 0 Å². The van der Waals surface area contributed by atoms with Crippen LogP contribution in [0.2, 0.25) is 0 Å². The lowest BCUT2D eigenvalue weighted by Gasteiger charge is -2.05. The topological polar surface area (TPSA) is 29.1 Å². The van der Waals surface area contributed by atoms with Gasteiger partial charge < -0.3 is 5.32 Å². The molecule has 1 aromatic rings. The van der Waals surface area contributed by atoms with Crippen LogP contribution in [-0.2, 0) is 11.0 Å². The molecule has 0 aliphatic carbocycles. The Balaban J connectivity index is 2.54. The largest absolute Gasteiger partial charge is 0.416 e. The molecule has 0 aromatic heterocycles. The highest BCUT2D eigenvalue weighted by Gasteiger charge is 2.30. The zero-order chi connectivity index (χ0) is 15.0. The molecular formula is C14H13ClF3NO. The summed E-state index contributed by atoms with van der Waals surface area (Å²) in [4.78, 5) is 11.2. The molecule has 1 rings (SSSR count). The third kappa shape index (κ3) is 5.98. The fraction of sp³-hybridized carbons (Fsp3) is 0.357. The van der Waals surface area contributed by atoms with Crippen molar-refractivity contribution < 1.29 is 18.0 Å². The molecule has 1 N–H and O–H groups in total. The van der Waals surface area contributed by atoms with Crippen molar-refractivity contribution >= 4 is 17.5 Å². The van der Waals surface area contributed by atoms with Gasteiger partial charge in [-0.25, -0.2) is 0 Å². The van der Waals surface area contributed by atoms with Gasteiger partial charge in [0, 0.05) is 17.9 Å². The van der Waals surface area contributed by atoms with Crippen LogP contribution < -0.4 is 5.32 Å². The summed E-state index contributed by atoms with van der Waals surface area (Å²) >= 11 is 5.44. The first-order chi connectivity index (χ1) is 9.43. The number of rotatable bonds is 4. The van der Waals surface area contributed by atoms with E-state index in [0.29, 0.717) is 18.7 Å². The first-order valence-corrected chi connectivity index (χ1v) is 6.45. The minimum Gasteiger partial charge on any atom is -0.345 e. The van der Waals surface area contributed by atoms with E-state index in [1.54, 1.807) is 0 Å². The van der Waals surface area contributed by atoms with E-state index in [2.05, 4.69) is 17.2 Å². The van der Waals surface area contributed by atoms with E-state index >= 15 is 0 Å². The summed E-state index contributed by atoms with van der Waals surface area (Å²) in [5, 5.41) is 2.54. The summed E-state index contributed by atoms with van der Waals surface area (Å²) in [5.41, 5.74) is -0.481. The lowest BCUT2D eigenvalue weighted by Crippen LogP contribution is -2.23. The van der Waals surface area contributed by atoms with Gasteiger partial charge in [0.2, 0.25) is 5.91 Å². The second-order valence-corrected chi connectivity index (χ2v) is 4.33. The Morgan fingerprint density at radius 3 is 2.75 bits per heavy atom. The van der Waals surface area contributed by atoms with E-state index in [0.717, 1.165) is 12.1 Å². The first kappa shape index (κ1) is 16.4. The highest BCUT2D eigenvalue weighted by atomic mass is 35.5. The maximum absolute atomic E-state index is 12.5. The zero-order valence-electron chi connectivity index (χ0n) is 10.6. The SMILES string of the molecule is O=C(CCCCl)NCC#Cc1cccc(C(F)(F)F)c1. The van der Waals surface area contributed by atoms with E-state index < -0.39 is 11.7 Å². The fourth-order valence-electron chi connectivity index (χ4n) is 1.38. The summed E-state index contributed by atoms with van der Waals surface area (Å²) in [5.74, 6) is 5.41.